The molecule has 0 radical (unpaired) electrons. The quantitative estimate of drug-likeness (QED) is 0.378. The highest BCUT2D eigenvalue weighted by atomic mass is 35.5. The molecule has 28 heavy (non-hydrogen) atoms. The fourth-order valence-corrected chi connectivity index (χ4v) is 2.33. The van der Waals surface area contributed by atoms with Gasteiger partial charge < -0.3 is 4.79 Å². The highest BCUT2D eigenvalue weighted by Gasteiger charge is 1.96. The van der Waals surface area contributed by atoms with E-state index in [0.29, 0.717) is 12.3 Å². The van der Waals surface area contributed by atoms with E-state index in [2.05, 4.69) is 0 Å². The van der Waals surface area contributed by atoms with Crippen LogP contribution in [0.3, 0.4) is 0 Å². The highest BCUT2D eigenvalue weighted by molar-refractivity contribution is 6.30. The first-order chi connectivity index (χ1) is 13.1. The third-order valence-electron chi connectivity index (χ3n) is 3.24. The number of benzene rings is 2. The van der Waals surface area contributed by atoms with Gasteiger partial charge >= 0.3 is 0 Å². The Morgan fingerprint density at radius 3 is 1.36 bits per heavy atom. The fourth-order valence-electron chi connectivity index (χ4n) is 1.90. The lowest BCUT2D eigenvalue weighted by Gasteiger charge is -1.97. The molecule has 0 saturated carbocycles. The standard InChI is InChI=1S/C10H11ClO.C7H6Cl2.C5H8O2/c1-8(12)2-3-9-4-6-10(11)7-5-9;8-5-6-1-3-7(9)4-2-6;1-4(6)3-5(2)7/h4-7H,2-3H2,1H3;1-4H,5H2;3H2,1-2H3. The third kappa shape index (κ3) is 15.4. The van der Waals surface area contributed by atoms with E-state index >= 15 is 0 Å². The zero-order valence-corrected chi connectivity index (χ0v) is 18.6. The number of aryl methyl sites for hydroxylation is 1. The number of hydrogen-bond donors (Lipinski definition) is 0. The van der Waals surface area contributed by atoms with Crippen LogP contribution in [-0.2, 0) is 26.7 Å². The zero-order valence-electron chi connectivity index (χ0n) is 16.3. The Labute approximate surface area is 182 Å². The summed E-state index contributed by atoms with van der Waals surface area (Å²) in [4.78, 5) is 30.7. The predicted molar refractivity (Wildman–Crippen MR) is 117 cm³/mol. The molecule has 0 saturated heterocycles. The molecule has 0 spiro atoms. The molecule has 0 bridgehead atoms. The van der Waals surface area contributed by atoms with Crippen LogP contribution in [0.15, 0.2) is 48.5 Å². The first kappa shape index (κ1) is 26.3. The van der Waals surface area contributed by atoms with Crippen molar-refractivity contribution in [3.05, 3.63) is 69.7 Å². The Morgan fingerprint density at radius 1 is 0.679 bits per heavy atom. The molecule has 0 N–H and O–H groups in total. The Hall–Kier alpha value is -1.68. The lowest BCUT2D eigenvalue weighted by atomic mass is 10.1. The van der Waals surface area contributed by atoms with Crippen molar-refractivity contribution in [2.24, 2.45) is 0 Å². The van der Waals surface area contributed by atoms with Crippen LogP contribution in [0.2, 0.25) is 10.0 Å². The normalized spacial score (nSPS) is 9.36. The molecule has 2 aromatic carbocycles. The molecule has 0 aliphatic carbocycles. The SMILES string of the molecule is CC(=O)CC(C)=O.CC(=O)CCc1ccc(Cl)cc1.ClCc1ccc(Cl)cc1. The van der Waals surface area contributed by atoms with Crippen molar-refractivity contribution >= 4 is 52.2 Å². The Morgan fingerprint density at radius 2 is 1.07 bits per heavy atom. The number of hydrogen-bond acceptors (Lipinski definition) is 3. The minimum absolute atomic E-state index is 0.0625. The van der Waals surface area contributed by atoms with Gasteiger partial charge in [-0.25, -0.2) is 0 Å². The van der Waals surface area contributed by atoms with Crippen molar-refractivity contribution in [2.75, 3.05) is 0 Å². The van der Waals surface area contributed by atoms with Gasteiger partial charge in [0.1, 0.15) is 17.3 Å². The zero-order chi connectivity index (χ0) is 21.5. The molecule has 2 rings (SSSR count). The van der Waals surface area contributed by atoms with Crippen LogP contribution >= 0.6 is 34.8 Å². The summed E-state index contributed by atoms with van der Waals surface area (Å²) < 4.78 is 0. The monoisotopic (exact) mass is 442 g/mol. The molecule has 0 aliphatic heterocycles. The molecule has 3 nitrogen and oxygen atoms in total. The van der Waals surface area contributed by atoms with Crippen molar-refractivity contribution in [2.45, 2.75) is 45.9 Å². The van der Waals surface area contributed by atoms with Crippen LogP contribution in [0.25, 0.3) is 0 Å². The fraction of sp³-hybridized carbons (Fsp3) is 0.318. The maximum absolute atomic E-state index is 10.7. The number of ketones is 3. The summed E-state index contributed by atoms with van der Waals surface area (Å²) in [5.74, 6) is 0.655. The van der Waals surface area contributed by atoms with Crippen LogP contribution < -0.4 is 0 Å². The van der Waals surface area contributed by atoms with Crippen LogP contribution in [0, 0.1) is 0 Å². The molecular formula is C22H25Cl3O3. The largest absolute Gasteiger partial charge is 0.300 e. The van der Waals surface area contributed by atoms with Gasteiger partial charge in [-0.15, -0.1) is 11.6 Å². The van der Waals surface area contributed by atoms with Crippen molar-refractivity contribution < 1.29 is 14.4 Å². The number of rotatable bonds is 6. The lowest BCUT2D eigenvalue weighted by molar-refractivity contribution is -0.124. The average molecular weight is 444 g/mol. The molecule has 6 heteroatoms. The number of carbonyl (C=O) groups is 3. The van der Waals surface area contributed by atoms with Crippen LogP contribution in [-0.4, -0.2) is 17.3 Å². The van der Waals surface area contributed by atoms with Gasteiger partial charge in [0.15, 0.2) is 0 Å². The van der Waals surface area contributed by atoms with Crippen molar-refractivity contribution in [1.29, 1.82) is 0 Å². The topological polar surface area (TPSA) is 51.2 Å². The first-order valence-corrected chi connectivity index (χ1v) is 9.96. The van der Waals surface area contributed by atoms with Gasteiger partial charge in [-0.2, -0.15) is 0 Å². The van der Waals surface area contributed by atoms with E-state index in [1.54, 1.807) is 6.92 Å². The number of halogens is 3. The second-order valence-electron chi connectivity index (χ2n) is 6.17. The van der Waals surface area contributed by atoms with Crippen molar-refractivity contribution in [3.63, 3.8) is 0 Å². The second kappa shape index (κ2) is 15.3. The lowest BCUT2D eigenvalue weighted by Crippen LogP contribution is -1.97. The van der Waals surface area contributed by atoms with E-state index < -0.39 is 0 Å². The Kier molecular flexibility index (Phi) is 14.4. The smallest absolute Gasteiger partial charge is 0.137 e. The molecule has 0 fully saturated rings. The molecule has 152 valence electrons. The Bertz CT molecular complexity index is 727. The molecule has 0 aromatic heterocycles. The molecule has 0 atom stereocenters. The minimum atomic E-state index is -0.0625. The van der Waals surface area contributed by atoms with E-state index in [-0.39, 0.29) is 23.8 Å². The van der Waals surface area contributed by atoms with Gasteiger partial charge in [0.25, 0.3) is 0 Å². The van der Waals surface area contributed by atoms with Gasteiger partial charge in [0, 0.05) is 22.3 Å². The van der Waals surface area contributed by atoms with E-state index in [0.717, 1.165) is 27.6 Å². The van der Waals surface area contributed by atoms with E-state index in [4.69, 9.17) is 34.8 Å². The maximum Gasteiger partial charge on any atom is 0.137 e. The second-order valence-corrected chi connectivity index (χ2v) is 7.31. The summed E-state index contributed by atoms with van der Waals surface area (Å²) in [5, 5.41) is 1.49. The van der Waals surface area contributed by atoms with Crippen molar-refractivity contribution in [1.82, 2.24) is 0 Å². The summed E-state index contributed by atoms with van der Waals surface area (Å²) in [6.45, 7) is 4.42. The van der Waals surface area contributed by atoms with Crippen LogP contribution in [0.1, 0.15) is 44.7 Å². The van der Waals surface area contributed by atoms with E-state index in [9.17, 15) is 14.4 Å². The van der Waals surface area contributed by atoms with E-state index in [1.165, 1.54) is 13.8 Å². The van der Waals surface area contributed by atoms with Gasteiger partial charge in [0.2, 0.25) is 0 Å². The molecular weight excluding hydrogens is 419 g/mol. The summed E-state index contributed by atoms with van der Waals surface area (Å²) in [6.07, 6.45) is 1.51. The Balaban J connectivity index is 0.000000408. The predicted octanol–water partition coefficient (Wildman–Crippen LogP) is 6.49. The molecule has 2 aromatic rings. The highest BCUT2D eigenvalue weighted by Crippen LogP contribution is 2.11. The molecule has 0 amide bonds. The van der Waals surface area contributed by atoms with Gasteiger partial charge in [0.05, 0.1) is 6.42 Å². The number of Topliss-reactive ketones (excluding diaryl/α,β-unsaturated/α-hetero) is 3. The molecule has 0 heterocycles. The molecule has 0 unspecified atom stereocenters. The summed E-state index contributed by atoms with van der Waals surface area (Å²) in [5.41, 5.74) is 2.26. The van der Waals surface area contributed by atoms with Crippen LogP contribution in [0.5, 0.6) is 0 Å². The maximum atomic E-state index is 10.7. The summed E-state index contributed by atoms with van der Waals surface area (Å²) >= 11 is 16.9. The van der Waals surface area contributed by atoms with Crippen LogP contribution in [0.4, 0.5) is 0 Å². The minimum Gasteiger partial charge on any atom is -0.300 e. The first-order valence-electron chi connectivity index (χ1n) is 8.67. The summed E-state index contributed by atoms with van der Waals surface area (Å²) in [7, 11) is 0. The average Bonchev–Trinajstić information content (AvgIpc) is 2.62. The number of alkyl halides is 1. The third-order valence-corrected chi connectivity index (χ3v) is 4.06. The van der Waals surface area contributed by atoms with Gasteiger partial charge in [-0.1, -0.05) is 47.5 Å². The van der Waals surface area contributed by atoms with Crippen molar-refractivity contribution in [3.8, 4) is 0 Å². The number of carbonyl (C=O) groups excluding carboxylic acids is 3. The molecule has 0 aliphatic rings. The van der Waals surface area contributed by atoms with Gasteiger partial charge in [-0.3, -0.25) is 9.59 Å². The van der Waals surface area contributed by atoms with Gasteiger partial charge in [-0.05, 0) is 62.6 Å². The van der Waals surface area contributed by atoms with E-state index in [1.807, 2.05) is 48.5 Å². The summed E-state index contributed by atoms with van der Waals surface area (Å²) in [6, 6.07) is 15.1.